The number of ether oxygens (including phenoxy) is 1. The molecule has 7 nitrogen and oxygen atoms in total. The van der Waals surface area contributed by atoms with Crippen LogP contribution in [0.4, 0.5) is 4.79 Å². The van der Waals surface area contributed by atoms with Crippen LogP contribution in [-0.2, 0) is 20.7 Å². The first kappa shape index (κ1) is 21.7. The fourth-order valence-electron chi connectivity index (χ4n) is 3.36. The van der Waals surface area contributed by atoms with Crippen molar-refractivity contribution in [2.24, 2.45) is 0 Å². The molecule has 1 aromatic carbocycles. The summed E-state index contributed by atoms with van der Waals surface area (Å²) in [5.74, 6) is -0.669. The second-order valence-corrected chi connectivity index (χ2v) is 7.10. The fourth-order valence-corrected chi connectivity index (χ4v) is 3.36. The Kier molecular flexibility index (Phi) is 9.31. The van der Waals surface area contributed by atoms with Gasteiger partial charge in [0.05, 0.1) is 6.04 Å². The third kappa shape index (κ3) is 7.98. The first-order valence-electron chi connectivity index (χ1n) is 10.0. The van der Waals surface area contributed by atoms with Crippen molar-refractivity contribution in [3.05, 3.63) is 35.9 Å². The molecule has 0 aliphatic carbocycles. The Hall–Kier alpha value is -2.57. The summed E-state index contributed by atoms with van der Waals surface area (Å²) in [6.45, 7) is 1.35. The molecule has 0 spiro atoms. The Bertz CT molecular complexity index is 635. The standard InChI is InChI=1S/C21H30N2O5/c24-19-12-11-18(23(19)15-7-2-1-6-10-20(25)26)16-28-21(27)22-14-13-17-8-4-3-5-9-17/h3-5,8-9,18H,1-2,6-7,10-16H2,(H,22,27)(H,25,26)/t18-/m1/s1. The number of benzene rings is 1. The zero-order valence-corrected chi connectivity index (χ0v) is 16.3. The second kappa shape index (κ2) is 12.0. The molecule has 1 fully saturated rings. The normalized spacial score (nSPS) is 16.2. The summed E-state index contributed by atoms with van der Waals surface area (Å²) in [5.41, 5.74) is 1.15. The number of hydrogen-bond acceptors (Lipinski definition) is 4. The van der Waals surface area contributed by atoms with Crippen molar-refractivity contribution < 1.29 is 24.2 Å². The van der Waals surface area contributed by atoms with E-state index in [9.17, 15) is 14.4 Å². The average Bonchev–Trinajstić information content (AvgIpc) is 3.03. The van der Waals surface area contributed by atoms with Crippen LogP contribution in [0, 0.1) is 0 Å². The first-order chi connectivity index (χ1) is 13.6. The van der Waals surface area contributed by atoms with Gasteiger partial charge in [0.15, 0.2) is 0 Å². The topological polar surface area (TPSA) is 95.9 Å². The number of alkyl carbamates (subject to hydrolysis) is 1. The molecule has 2 amide bonds. The van der Waals surface area contributed by atoms with Crippen LogP contribution in [0.2, 0.25) is 0 Å². The zero-order chi connectivity index (χ0) is 20.2. The van der Waals surface area contributed by atoms with Gasteiger partial charge in [0.25, 0.3) is 0 Å². The van der Waals surface area contributed by atoms with Crippen LogP contribution in [0.25, 0.3) is 0 Å². The predicted molar refractivity (Wildman–Crippen MR) is 105 cm³/mol. The molecular weight excluding hydrogens is 360 g/mol. The third-order valence-electron chi connectivity index (χ3n) is 4.92. The fraction of sp³-hybridized carbons (Fsp3) is 0.571. The number of carbonyl (C=O) groups is 3. The van der Waals surface area contributed by atoms with Gasteiger partial charge in [0.2, 0.25) is 5.91 Å². The minimum absolute atomic E-state index is 0.0635. The van der Waals surface area contributed by atoms with Gasteiger partial charge in [-0.05, 0) is 31.2 Å². The largest absolute Gasteiger partial charge is 0.481 e. The van der Waals surface area contributed by atoms with Crippen LogP contribution in [0.15, 0.2) is 30.3 Å². The van der Waals surface area contributed by atoms with Crippen LogP contribution in [0.3, 0.4) is 0 Å². The quantitative estimate of drug-likeness (QED) is 0.535. The number of amides is 2. The average molecular weight is 390 g/mol. The number of nitrogens with one attached hydrogen (secondary N) is 1. The number of likely N-dealkylation sites (tertiary alicyclic amines) is 1. The maximum Gasteiger partial charge on any atom is 0.407 e. The van der Waals surface area contributed by atoms with E-state index in [0.29, 0.717) is 32.4 Å². The summed E-state index contributed by atoms with van der Waals surface area (Å²) >= 11 is 0. The maximum absolute atomic E-state index is 12.1. The highest BCUT2D eigenvalue weighted by atomic mass is 16.5. The number of carboxylic acid groups (broad SMARTS) is 1. The molecule has 2 N–H and O–H groups in total. The van der Waals surface area contributed by atoms with Crippen LogP contribution >= 0.6 is 0 Å². The molecule has 0 radical (unpaired) electrons. The maximum atomic E-state index is 12.1. The van der Waals surface area contributed by atoms with Gasteiger partial charge in [-0.25, -0.2) is 4.79 Å². The highest BCUT2D eigenvalue weighted by Crippen LogP contribution is 2.20. The molecule has 2 rings (SSSR count). The molecule has 0 unspecified atom stereocenters. The molecule has 0 bridgehead atoms. The van der Waals surface area contributed by atoms with Gasteiger partial charge < -0.3 is 20.1 Å². The Morgan fingerprint density at radius 3 is 2.64 bits per heavy atom. The smallest absolute Gasteiger partial charge is 0.407 e. The molecule has 1 aliphatic rings. The summed E-state index contributed by atoms with van der Waals surface area (Å²) in [6, 6.07) is 9.84. The lowest BCUT2D eigenvalue weighted by Gasteiger charge is -2.24. The van der Waals surface area contributed by atoms with Crippen LogP contribution in [-0.4, -0.2) is 53.7 Å². The first-order valence-corrected chi connectivity index (χ1v) is 10.0. The molecule has 1 atom stereocenters. The Morgan fingerprint density at radius 2 is 1.89 bits per heavy atom. The van der Waals surface area contributed by atoms with E-state index < -0.39 is 12.1 Å². The van der Waals surface area contributed by atoms with Crippen molar-refractivity contribution in [1.29, 1.82) is 0 Å². The molecule has 1 heterocycles. The van der Waals surface area contributed by atoms with Gasteiger partial charge in [-0.2, -0.15) is 0 Å². The van der Waals surface area contributed by atoms with Gasteiger partial charge in [-0.15, -0.1) is 0 Å². The van der Waals surface area contributed by atoms with Crippen molar-refractivity contribution in [3.8, 4) is 0 Å². The van der Waals surface area contributed by atoms with Crippen LogP contribution in [0.5, 0.6) is 0 Å². The zero-order valence-electron chi connectivity index (χ0n) is 16.3. The Morgan fingerprint density at radius 1 is 1.14 bits per heavy atom. The number of carbonyl (C=O) groups excluding carboxylic acids is 2. The van der Waals surface area contributed by atoms with Crippen LogP contribution < -0.4 is 5.32 Å². The minimum atomic E-state index is -0.769. The summed E-state index contributed by atoms with van der Waals surface area (Å²) < 4.78 is 5.30. The van der Waals surface area contributed by atoms with Crippen molar-refractivity contribution in [3.63, 3.8) is 0 Å². The summed E-state index contributed by atoms with van der Waals surface area (Å²) in [7, 11) is 0. The van der Waals surface area contributed by atoms with Gasteiger partial charge in [0, 0.05) is 25.9 Å². The van der Waals surface area contributed by atoms with Crippen LogP contribution in [0.1, 0.15) is 50.5 Å². The van der Waals surface area contributed by atoms with E-state index in [1.807, 2.05) is 30.3 Å². The molecule has 0 aromatic heterocycles. The number of rotatable bonds is 12. The lowest BCUT2D eigenvalue weighted by atomic mass is 10.1. The summed E-state index contributed by atoms with van der Waals surface area (Å²) in [6.07, 6.45) is 4.92. The highest BCUT2D eigenvalue weighted by molar-refractivity contribution is 5.78. The number of nitrogens with zero attached hydrogens (tertiary/aromatic N) is 1. The molecule has 1 aliphatic heterocycles. The van der Waals surface area contributed by atoms with E-state index in [0.717, 1.165) is 31.2 Å². The SMILES string of the molecule is O=C(O)CCCCCCN1C(=O)CC[C@@H]1COC(=O)NCCc1ccccc1. The van der Waals surface area contributed by atoms with Crippen molar-refractivity contribution in [1.82, 2.24) is 10.2 Å². The predicted octanol–water partition coefficient (Wildman–Crippen LogP) is 2.98. The molecule has 28 heavy (non-hydrogen) atoms. The third-order valence-corrected chi connectivity index (χ3v) is 4.92. The van der Waals surface area contributed by atoms with E-state index in [-0.39, 0.29) is 25.0 Å². The number of aliphatic carboxylic acids is 1. The summed E-state index contributed by atoms with van der Waals surface area (Å²) in [5, 5.41) is 11.4. The summed E-state index contributed by atoms with van der Waals surface area (Å²) in [4.78, 5) is 36.2. The van der Waals surface area contributed by atoms with E-state index in [4.69, 9.17) is 9.84 Å². The van der Waals surface area contributed by atoms with Gasteiger partial charge in [-0.1, -0.05) is 43.2 Å². The second-order valence-electron chi connectivity index (χ2n) is 7.10. The van der Waals surface area contributed by atoms with E-state index >= 15 is 0 Å². The minimum Gasteiger partial charge on any atom is -0.481 e. The lowest BCUT2D eigenvalue weighted by molar-refractivity contribution is -0.137. The Labute approximate surface area is 166 Å². The molecule has 154 valence electrons. The molecule has 1 aromatic rings. The highest BCUT2D eigenvalue weighted by Gasteiger charge is 2.31. The molecule has 7 heteroatoms. The monoisotopic (exact) mass is 390 g/mol. The molecule has 1 saturated heterocycles. The lowest BCUT2D eigenvalue weighted by Crippen LogP contribution is -2.38. The van der Waals surface area contributed by atoms with Crippen molar-refractivity contribution >= 4 is 18.0 Å². The molecule has 0 saturated carbocycles. The number of hydrogen-bond donors (Lipinski definition) is 2. The number of carboxylic acids is 1. The van der Waals surface area contributed by atoms with E-state index in [1.165, 1.54) is 0 Å². The van der Waals surface area contributed by atoms with Crippen molar-refractivity contribution in [2.75, 3.05) is 19.7 Å². The van der Waals surface area contributed by atoms with E-state index in [1.54, 1.807) is 4.90 Å². The Balaban J connectivity index is 1.61. The van der Waals surface area contributed by atoms with Crippen molar-refractivity contribution in [2.45, 2.75) is 57.4 Å². The van der Waals surface area contributed by atoms with E-state index in [2.05, 4.69) is 5.32 Å². The van der Waals surface area contributed by atoms with Gasteiger partial charge in [-0.3, -0.25) is 9.59 Å². The van der Waals surface area contributed by atoms with Gasteiger partial charge >= 0.3 is 12.1 Å². The number of unbranched alkanes of at least 4 members (excludes halogenated alkanes) is 3. The molecular formula is C21H30N2O5. The van der Waals surface area contributed by atoms with Gasteiger partial charge in [0.1, 0.15) is 6.61 Å².